The smallest absolute Gasteiger partial charge is 0.165 e. The molecule has 88 valence electrons. The first kappa shape index (κ1) is 11.5. The third-order valence-electron chi connectivity index (χ3n) is 2.62. The molecule has 0 radical (unpaired) electrons. The molecule has 0 aliphatic carbocycles. The average Bonchev–Trinajstić information content (AvgIpc) is 2.33. The Bertz CT molecular complexity index is 409. The summed E-state index contributed by atoms with van der Waals surface area (Å²) in [5.41, 5.74) is 7.26. The average molecular weight is 244 g/mol. The van der Waals surface area contributed by atoms with E-state index in [1.54, 1.807) is 6.07 Å². The van der Waals surface area contributed by atoms with Gasteiger partial charge in [0.25, 0.3) is 0 Å². The first-order chi connectivity index (χ1) is 7.65. The van der Waals surface area contributed by atoms with Gasteiger partial charge in [-0.05, 0) is 18.6 Å². The monoisotopic (exact) mass is 243 g/mol. The van der Waals surface area contributed by atoms with Crippen molar-refractivity contribution < 1.29 is 14.6 Å². The molecule has 0 spiro atoms. The van der Waals surface area contributed by atoms with Crippen LogP contribution in [0.3, 0.4) is 0 Å². The van der Waals surface area contributed by atoms with Gasteiger partial charge in [-0.1, -0.05) is 11.6 Å². The van der Waals surface area contributed by atoms with Crippen LogP contribution in [0.4, 0.5) is 0 Å². The SMILES string of the molecule is Cc1c(Cl)c(C(N)CO)cc2c1OCCO2. The minimum atomic E-state index is -0.498. The summed E-state index contributed by atoms with van der Waals surface area (Å²) in [5.74, 6) is 1.32. The van der Waals surface area contributed by atoms with Gasteiger partial charge in [0.05, 0.1) is 17.7 Å². The first-order valence-electron chi connectivity index (χ1n) is 5.10. The molecule has 3 N–H and O–H groups in total. The third kappa shape index (κ3) is 1.84. The molecule has 0 fully saturated rings. The van der Waals surface area contributed by atoms with Gasteiger partial charge in [-0.15, -0.1) is 0 Å². The maximum Gasteiger partial charge on any atom is 0.165 e. The van der Waals surface area contributed by atoms with Crippen LogP contribution in [0.25, 0.3) is 0 Å². The minimum absolute atomic E-state index is 0.154. The molecule has 0 bridgehead atoms. The van der Waals surface area contributed by atoms with Crippen LogP contribution < -0.4 is 15.2 Å². The predicted octanol–water partition coefficient (Wildman–Crippen LogP) is 1.41. The Hall–Kier alpha value is -0.970. The van der Waals surface area contributed by atoms with Gasteiger partial charge >= 0.3 is 0 Å². The summed E-state index contributed by atoms with van der Waals surface area (Å²) in [6, 6.07) is 1.24. The number of nitrogens with two attached hydrogens (primary N) is 1. The summed E-state index contributed by atoms with van der Waals surface area (Å²) in [6.45, 7) is 2.74. The Labute approximate surface area is 98.9 Å². The maximum atomic E-state index is 9.05. The molecule has 1 unspecified atom stereocenters. The van der Waals surface area contributed by atoms with Gasteiger partial charge in [-0.25, -0.2) is 0 Å². The molecule has 2 rings (SSSR count). The first-order valence-corrected chi connectivity index (χ1v) is 5.48. The number of halogens is 1. The van der Waals surface area contributed by atoms with Crippen molar-refractivity contribution in [3.8, 4) is 11.5 Å². The number of aliphatic hydroxyl groups is 1. The predicted molar refractivity (Wildman–Crippen MR) is 61.2 cm³/mol. The number of hydrogen-bond donors (Lipinski definition) is 2. The highest BCUT2D eigenvalue weighted by Gasteiger charge is 2.21. The van der Waals surface area contributed by atoms with E-state index in [2.05, 4.69) is 0 Å². The molecule has 5 heteroatoms. The minimum Gasteiger partial charge on any atom is -0.486 e. The zero-order valence-electron chi connectivity index (χ0n) is 9.00. The van der Waals surface area contributed by atoms with Crippen molar-refractivity contribution in [3.05, 3.63) is 22.2 Å². The summed E-state index contributed by atoms with van der Waals surface area (Å²) in [5, 5.41) is 9.59. The van der Waals surface area contributed by atoms with E-state index in [0.29, 0.717) is 35.3 Å². The molecule has 0 aromatic heterocycles. The lowest BCUT2D eigenvalue weighted by molar-refractivity contribution is 0.170. The highest BCUT2D eigenvalue weighted by Crippen LogP contribution is 2.41. The van der Waals surface area contributed by atoms with Crippen LogP contribution in [-0.2, 0) is 0 Å². The fourth-order valence-electron chi connectivity index (χ4n) is 1.72. The van der Waals surface area contributed by atoms with Crippen molar-refractivity contribution in [1.82, 2.24) is 0 Å². The highest BCUT2D eigenvalue weighted by atomic mass is 35.5. The topological polar surface area (TPSA) is 64.7 Å². The Balaban J connectivity index is 2.52. The Morgan fingerprint density at radius 3 is 2.88 bits per heavy atom. The molecule has 1 aromatic carbocycles. The Morgan fingerprint density at radius 1 is 1.50 bits per heavy atom. The molecule has 16 heavy (non-hydrogen) atoms. The standard InChI is InChI=1S/C11H14ClNO3/c1-6-10(12)7(8(13)5-14)4-9-11(6)16-3-2-15-9/h4,8,14H,2-3,5,13H2,1H3. The van der Waals surface area contributed by atoms with E-state index in [-0.39, 0.29) is 6.61 Å². The van der Waals surface area contributed by atoms with Crippen LogP contribution in [-0.4, -0.2) is 24.9 Å². The molecule has 1 aromatic rings. The van der Waals surface area contributed by atoms with Gasteiger partial charge < -0.3 is 20.3 Å². The number of aliphatic hydroxyl groups excluding tert-OH is 1. The van der Waals surface area contributed by atoms with E-state index in [1.807, 2.05) is 6.92 Å². The lowest BCUT2D eigenvalue weighted by Crippen LogP contribution is -2.19. The van der Waals surface area contributed by atoms with Crippen LogP contribution >= 0.6 is 11.6 Å². The van der Waals surface area contributed by atoms with E-state index in [9.17, 15) is 0 Å². The molecule has 1 heterocycles. The van der Waals surface area contributed by atoms with Gasteiger partial charge in [0.1, 0.15) is 13.2 Å². The zero-order valence-corrected chi connectivity index (χ0v) is 9.75. The number of benzene rings is 1. The Kier molecular flexibility index (Phi) is 3.23. The highest BCUT2D eigenvalue weighted by molar-refractivity contribution is 6.32. The van der Waals surface area contributed by atoms with Crippen molar-refractivity contribution in [1.29, 1.82) is 0 Å². The number of rotatable bonds is 2. The van der Waals surface area contributed by atoms with Gasteiger partial charge in [0.2, 0.25) is 0 Å². The summed E-state index contributed by atoms with van der Waals surface area (Å²) in [6.07, 6.45) is 0. The summed E-state index contributed by atoms with van der Waals surface area (Å²) >= 11 is 6.18. The molecule has 1 aliphatic rings. The lowest BCUT2D eigenvalue weighted by Gasteiger charge is -2.23. The lowest BCUT2D eigenvalue weighted by atomic mass is 10.0. The fourth-order valence-corrected chi connectivity index (χ4v) is 2.00. The van der Waals surface area contributed by atoms with Crippen LogP contribution in [0.5, 0.6) is 11.5 Å². The van der Waals surface area contributed by atoms with E-state index in [4.69, 9.17) is 31.9 Å². The second kappa shape index (κ2) is 4.49. The second-order valence-electron chi connectivity index (χ2n) is 3.72. The molecule has 0 amide bonds. The van der Waals surface area contributed by atoms with E-state index in [1.165, 1.54) is 0 Å². The maximum absolute atomic E-state index is 9.05. The van der Waals surface area contributed by atoms with Gasteiger partial charge in [0.15, 0.2) is 11.5 Å². The molecule has 1 aliphatic heterocycles. The van der Waals surface area contributed by atoms with Crippen LogP contribution in [0, 0.1) is 6.92 Å². The number of hydrogen-bond acceptors (Lipinski definition) is 4. The molecular formula is C11H14ClNO3. The zero-order chi connectivity index (χ0) is 11.7. The van der Waals surface area contributed by atoms with Gasteiger partial charge in [0, 0.05) is 5.56 Å². The van der Waals surface area contributed by atoms with Crippen LogP contribution in [0.2, 0.25) is 5.02 Å². The Morgan fingerprint density at radius 2 is 2.19 bits per heavy atom. The quantitative estimate of drug-likeness (QED) is 0.825. The fraction of sp³-hybridized carbons (Fsp3) is 0.455. The summed E-state index contributed by atoms with van der Waals surface area (Å²) in [4.78, 5) is 0. The number of fused-ring (bicyclic) bond motifs is 1. The molecule has 1 atom stereocenters. The van der Waals surface area contributed by atoms with Gasteiger partial charge in [-0.3, -0.25) is 0 Å². The molecular weight excluding hydrogens is 230 g/mol. The van der Waals surface area contributed by atoms with Crippen LogP contribution in [0.1, 0.15) is 17.2 Å². The van der Waals surface area contributed by atoms with Crippen molar-refractivity contribution in [3.63, 3.8) is 0 Å². The second-order valence-corrected chi connectivity index (χ2v) is 4.10. The van der Waals surface area contributed by atoms with E-state index < -0.39 is 6.04 Å². The van der Waals surface area contributed by atoms with Crippen molar-refractivity contribution >= 4 is 11.6 Å². The molecule has 4 nitrogen and oxygen atoms in total. The normalized spacial score (nSPS) is 16.0. The molecule has 0 saturated carbocycles. The van der Waals surface area contributed by atoms with Crippen molar-refractivity contribution in [2.45, 2.75) is 13.0 Å². The number of ether oxygens (including phenoxy) is 2. The largest absolute Gasteiger partial charge is 0.486 e. The van der Waals surface area contributed by atoms with E-state index in [0.717, 1.165) is 5.56 Å². The summed E-state index contributed by atoms with van der Waals surface area (Å²) < 4.78 is 11.0. The van der Waals surface area contributed by atoms with Gasteiger partial charge in [-0.2, -0.15) is 0 Å². The van der Waals surface area contributed by atoms with Crippen molar-refractivity contribution in [2.24, 2.45) is 5.73 Å². The summed E-state index contributed by atoms with van der Waals surface area (Å²) in [7, 11) is 0. The molecule has 0 saturated heterocycles. The third-order valence-corrected chi connectivity index (χ3v) is 3.12. The van der Waals surface area contributed by atoms with Crippen molar-refractivity contribution in [2.75, 3.05) is 19.8 Å². The van der Waals surface area contributed by atoms with Crippen LogP contribution in [0.15, 0.2) is 6.07 Å². The van der Waals surface area contributed by atoms with E-state index >= 15 is 0 Å².